The van der Waals surface area contributed by atoms with Gasteiger partial charge in [0.15, 0.2) is 0 Å². The normalized spacial score (nSPS) is 14.2. The Bertz CT molecular complexity index is 1070. The van der Waals surface area contributed by atoms with Gasteiger partial charge in [0.1, 0.15) is 5.82 Å². The van der Waals surface area contributed by atoms with Gasteiger partial charge in [0.05, 0.1) is 16.9 Å². The molecular weight excluding hydrogens is 326 g/mol. The summed E-state index contributed by atoms with van der Waals surface area (Å²) in [6, 6.07) is 13.0. The van der Waals surface area contributed by atoms with Gasteiger partial charge in [-0.05, 0) is 49.6 Å². The van der Waals surface area contributed by atoms with Gasteiger partial charge in [-0.1, -0.05) is 24.3 Å². The molecule has 0 radical (unpaired) electrons. The van der Waals surface area contributed by atoms with Gasteiger partial charge in [0.2, 0.25) is 0 Å². The van der Waals surface area contributed by atoms with Gasteiger partial charge >= 0.3 is 0 Å². The Kier molecular flexibility index (Phi) is 4.07. The third kappa shape index (κ3) is 2.79. The molecule has 1 aromatic heterocycles. The zero-order valence-electron chi connectivity index (χ0n) is 15.0. The average molecular weight is 347 g/mol. The number of aromatic nitrogens is 2. The number of nitrogens with zero attached hydrogens (tertiary/aromatic N) is 2. The van der Waals surface area contributed by atoms with E-state index in [-0.39, 0.29) is 17.5 Å². The largest absolute Gasteiger partial charge is 0.346 e. The molecule has 132 valence electrons. The molecule has 4 rings (SSSR count). The highest BCUT2D eigenvalue weighted by Crippen LogP contribution is 2.19. The maximum Gasteiger partial charge on any atom is 0.261 e. The lowest BCUT2D eigenvalue weighted by molar-refractivity contribution is 0.0940. The van der Waals surface area contributed by atoms with E-state index in [1.54, 1.807) is 22.8 Å². The number of rotatable bonds is 3. The van der Waals surface area contributed by atoms with E-state index in [0.29, 0.717) is 16.5 Å². The van der Waals surface area contributed by atoms with Crippen LogP contribution in [0.1, 0.15) is 46.7 Å². The van der Waals surface area contributed by atoms with Crippen LogP contribution in [-0.4, -0.2) is 15.5 Å². The van der Waals surface area contributed by atoms with Gasteiger partial charge in [-0.2, -0.15) is 0 Å². The molecule has 5 nitrogen and oxygen atoms in total. The van der Waals surface area contributed by atoms with Gasteiger partial charge in [0, 0.05) is 18.5 Å². The van der Waals surface area contributed by atoms with Crippen LogP contribution in [0.4, 0.5) is 0 Å². The average Bonchev–Trinajstić information content (AvgIpc) is 3.10. The van der Waals surface area contributed by atoms with Crippen molar-refractivity contribution >= 4 is 16.8 Å². The van der Waals surface area contributed by atoms with Crippen molar-refractivity contribution < 1.29 is 4.79 Å². The summed E-state index contributed by atoms with van der Waals surface area (Å²) >= 11 is 0. The number of aryl methyl sites for hydroxylation is 2. The molecule has 1 N–H and O–H groups in total. The third-order valence-electron chi connectivity index (χ3n) is 5.08. The molecule has 0 aliphatic carbocycles. The summed E-state index contributed by atoms with van der Waals surface area (Å²) in [5, 5.41) is 3.60. The molecule has 5 heteroatoms. The summed E-state index contributed by atoms with van der Waals surface area (Å²) in [5.41, 5.74) is 3.34. The molecule has 26 heavy (non-hydrogen) atoms. The fourth-order valence-corrected chi connectivity index (χ4v) is 3.66. The minimum absolute atomic E-state index is 0.0114. The Hall–Kier alpha value is -2.95. The lowest BCUT2D eigenvalue weighted by atomic mass is 10.0. The standard InChI is InChI=1S/C21H21N3O2/c1-13-6-3-4-7-16(13)14(2)22-20(25)15-9-10-17-18(12-15)23-19-8-5-11-24(19)21(17)26/h3-4,6-7,9-10,12,14H,5,8,11H2,1-2H3,(H,22,25)/t14-/m0/s1. The molecule has 0 saturated heterocycles. The summed E-state index contributed by atoms with van der Waals surface area (Å²) < 4.78 is 1.74. The van der Waals surface area contributed by atoms with Gasteiger partial charge < -0.3 is 5.32 Å². The fraction of sp³-hybridized carbons (Fsp3) is 0.286. The summed E-state index contributed by atoms with van der Waals surface area (Å²) in [7, 11) is 0. The molecule has 0 saturated carbocycles. The molecule has 2 heterocycles. The summed E-state index contributed by atoms with van der Waals surface area (Å²) in [4.78, 5) is 29.8. The maximum absolute atomic E-state index is 12.7. The highest BCUT2D eigenvalue weighted by Gasteiger charge is 2.18. The van der Waals surface area contributed by atoms with Crippen LogP contribution in [0.3, 0.4) is 0 Å². The number of nitrogens with one attached hydrogen (secondary N) is 1. The fourth-order valence-electron chi connectivity index (χ4n) is 3.66. The van der Waals surface area contributed by atoms with Crippen LogP contribution >= 0.6 is 0 Å². The van der Waals surface area contributed by atoms with Crippen molar-refractivity contribution in [3.8, 4) is 0 Å². The molecule has 2 aromatic carbocycles. The summed E-state index contributed by atoms with van der Waals surface area (Å²) in [5.74, 6) is 0.651. The van der Waals surface area contributed by atoms with E-state index >= 15 is 0 Å². The minimum Gasteiger partial charge on any atom is -0.346 e. The smallest absolute Gasteiger partial charge is 0.261 e. The lowest BCUT2D eigenvalue weighted by Gasteiger charge is -2.16. The molecule has 1 amide bonds. The third-order valence-corrected chi connectivity index (χ3v) is 5.08. The van der Waals surface area contributed by atoms with Crippen molar-refractivity contribution in [2.24, 2.45) is 0 Å². The van der Waals surface area contributed by atoms with E-state index in [4.69, 9.17) is 0 Å². The van der Waals surface area contributed by atoms with Crippen molar-refractivity contribution in [1.29, 1.82) is 0 Å². The van der Waals surface area contributed by atoms with Crippen LogP contribution in [0, 0.1) is 6.92 Å². The first kappa shape index (κ1) is 16.5. The van der Waals surface area contributed by atoms with Crippen LogP contribution in [0.2, 0.25) is 0 Å². The number of benzene rings is 2. The monoisotopic (exact) mass is 347 g/mol. The number of hydrogen-bond donors (Lipinski definition) is 1. The van der Waals surface area contributed by atoms with Gasteiger partial charge in [-0.25, -0.2) is 4.98 Å². The van der Waals surface area contributed by atoms with E-state index in [2.05, 4.69) is 10.3 Å². The second-order valence-corrected chi connectivity index (χ2v) is 6.87. The molecule has 0 spiro atoms. The number of carbonyl (C=O) groups excluding carboxylic acids is 1. The topological polar surface area (TPSA) is 64.0 Å². The molecule has 0 unspecified atom stereocenters. The van der Waals surface area contributed by atoms with Crippen LogP contribution in [0.25, 0.3) is 10.9 Å². The Morgan fingerprint density at radius 3 is 2.85 bits per heavy atom. The Morgan fingerprint density at radius 2 is 2.04 bits per heavy atom. The minimum atomic E-state index is -0.162. The Morgan fingerprint density at radius 1 is 1.23 bits per heavy atom. The maximum atomic E-state index is 12.7. The van der Waals surface area contributed by atoms with Crippen molar-refractivity contribution in [1.82, 2.24) is 14.9 Å². The second kappa shape index (κ2) is 6.41. The molecule has 0 fully saturated rings. The van der Waals surface area contributed by atoms with Crippen molar-refractivity contribution in [3.05, 3.63) is 75.3 Å². The number of carbonyl (C=O) groups is 1. The second-order valence-electron chi connectivity index (χ2n) is 6.87. The lowest BCUT2D eigenvalue weighted by Crippen LogP contribution is -2.27. The van der Waals surface area contributed by atoms with E-state index in [9.17, 15) is 9.59 Å². The van der Waals surface area contributed by atoms with Crippen molar-refractivity contribution in [3.63, 3.8) is 0 Å². The van der Waals surface area contributed by atoms with Crippen LogP contribution in [0.15, 0.2) is 47.3 Å². The van der Waals surface area contributed by atoms with Gasteiger partial charge in [-0.3, -0.25) is 14.2 Å². The predicted molar refractivity (Wildman–Crippen MR) is 101 cm³/mol. The Labute approximate surface area is 151 Å². The van der Waals surface area contributed by atoms with E-state index in [0.717, 1.165) is 36.3 Å². The number of amides is 1. The first-order valence-electron chi connectivity index (χ1n) is 8.94. The van der Waals surface area contributed by atoms with E-state index in [1.807, 2.05) is 38.1 Å². The molecule has 3 aromatic rings. The molecular formula is C21H21N3O2. The SMILES string of the molecule is Cc1ccccc1[C@H](C)NC(=O)c1ccc2c(=O)n3c(nc2c1)CCC3. The van der Waals surface area contributed by atoms with Crippen molar-refractivity contribution in [2.75, 3.05) is 0 Å². The van der Waals surface area contributed by atoms with E-state index in [1.165, 1.54) is 0 Å². The summed E-state index contributed by atoms with van der Waals surface area (Å²) in [6.07, 6.45) is 1.76. The van der Waals surface area contributed by atoms with Crippen molar-refractivity contribution in [2.45, 2.75) is 39.3 Å². The first-order chi connectivity index (χ1) is 12.5. The zero-order chi connectivity index (χ0) is 18.3. The molecule has 1 aliphatic rings. The quantitative estimate of drug-likeness (QED) is 0.792. The first-order valence-corrected chi connectivity index (χ1v) is 8.94. The Balaban J connectivity index is 1.64. The number of fused-ring (bicyclic) bond motifs is 2. The highest BCUT2D eigenvalue weighted by molar-refractivity contribution is 5.97. The zero-order valence-corrected chi connectivity index (χ0v) is 15.0. The molecule has 1 aliphatic heterocycles. The van der Waals surface area contributed by atoms with Gasteiger partial charge in [-0.15, -0.1) is 0 Å². The predicted octanol–water partition coefficient (Wildman–Crippen LogP) is 3.14. The van der Waals surface area contributed by atoms with Crippen LogP contribution in [0.5, 0.6) is 0 Å². The van der Waals surface area contributed by atoms with Gasteiger partial charge in [0.25, 0.3) is 11.5 Å². The molecule has 1 atom stereocenters. The van der Waals surface area contributed by atoms with Crippen LogP contribution < -0.4 is 10.9 Å². The van der Waals surface area contributed by atoms with E-state index < -0.39 is 0 Å². The van der Waals surface area contributed by atoms with Crippen LogP contribution in [-0.2, 0) is 13.0 Å². The highest BCUT2D eigenvalue weighted by atomic mass is 16.1. The molecule has 0 bridgehead atoms. The summed E-state index contributed by atoms with van der Waals surface area (Å²) in [6.45, 7) is 4.73. The number of hydrogen-bond acceptors (Lipinski definition) is 3.